The van der Waals surface area contributed by atoms with Crippen LogP contribution in [0.2, 0.25) is 0 Å². The number of nitrogens with zero attached hydrogens (tertiary/aromatic N) is 4. The van der Waals surface area contributed by atoms with E-state index in [0.717, 1.165) is 36.7 Å². The molecule has 0 spiro atoms. The van der Waals surface area contributed by atoms with Gasteiger partial charge < -0.3 is 9.72 Å². The van der Waals surface area contributed by atoms with Crippen LogP contribution in [0.15, 0.2) is 30.6 Å². The van der Waals surface area contributed by atoms with Gasteiger partial charge in [0.25, 0.3) is 5.19 Å². The maximum absolute atomic E-state index is 5.39. The first-order valence-electron chi connectivity index (χ1n) is 8.12. The van der Waals surface area contributed by atoms with E-state index in [-0.39, 0.29) is 0 Å². The number of ether oxygens (including phenoxy) is 1. The number of aromatic nitrogens is 4. The van der Waals surface area contributed by atoms with Crippen LogP contribution in [0.25, 0.3) is 16.6 Å². The summed E-state index contributed by atoms with van der Waals surface area (Å²) >= 11 is 1.53. The summed E-state index contributed by atoms with van der Waals surface area (Å²) in [6, 6.07) is 4.11. The minimum atomic E-state index is 0.629. The van der Waals surface area contributed by atoms with E-state index in [2.05, 4.69) is 43.4 Å². The van der Waals surface area contributed by atoms with Gasteiger partial charge in [-0.2, -0.15) is 0 Å². The van der Waals surface area contributed by atoms with Gasteiger partial charge in [0.1, 0.15) is 10.7 Å². The summed E-state index contributed by atoms with van der Waals surface area (Å²) in [4.78, 5) is 10.0. The fourth-order valence-electron chi connectivity index (χ4n) is 3.00. The lowest BCUT2D eigenvalue weighted by Gasteiger charge is -2.25. The molecule has 1 N–H and O–H groups in total. The van der Waals surface area contributed by atoms with Crippen LogP contribution in [-0.2, 0) is 6.54 Å². The standard InChI is InChI=1S/C17H19N5OS/c1-2-23-17-21-20-15(24-17)11-22-8-5-12(6-9-22)14-10-19-16-13(14)4-3-7-18-16/h3-5,7,10H,2,6,8-9,11H2,1H3,(H,18,19). The van der Waals surface area contributed by atoms with Gasteiger partial charge in [0.05, 0.1) is 13.2 Å². The fraction of sp³-hybridized carbons (Fsp3) is 0.353. The van der Waals surface area contributed by atoms with Gasteiger partial charge in [-0.25, -0.2) is 4.98 Å². The van der Waals surface area contributed by atoms with E-state index in [0.29, 0.717) is 11.8 Å². The molecule has 0 aromatic carbocycles. The van der Waals surface area contributed by atoms with E-state index in [9.17, 15) is 0 Å². The van der Waals surface area contributed by atoms with E-state index in [1.807, 2.05) is 19.2 Å². The average Bonchev–Trinajstić information content (AvgIpc) is 3.23. The smallest absolute Gasteiger partial charge is 0.294 e. The molecule has 0 radical (unpaired) electrons. The lowest BCUT2D eigenvalue weighted by Crippen LogP contribution is -2.27. The third-order valence-electron chi connectivity index (χ3n) is 4.17. The van der Waals surface area contributed by atoms with E-state index >= 15 is 0 Å². The summed E-state index contributed by atoms with van der Waals surface area (Å²) in [6.45, 7) is 5.35. The minimum Gasteiger partial charge on any atom is -0.469 e. The molecule has 0 amide bonds. The molecular weight excluding hydrogens is 322 g/mol. The molecule has 3 aromatic heterocycles. The summed E-state index contributed by atoms with van der Waals surface area (Å²) in [7, 11) is 0. The van der Waals surface area contributed by atoms with E-state index in [1.165, 1.54) is 27.9 Å². The van der Waals surface area contributed by atoms with Crippen molar-refractivity contribution in [2.24, 2.45) is 0 Å². The summed E-state index contributed by atoms with van der Waals surface area (Å²) in [6.07, 6.45) is 7.22. The molecule has 6 nitrogen and oxygen atoms in total. The van der Waals surface area contributed by atoms with Crippen LogP contribution in [-0.4, -0.2) is 44.8 Å². The largest absolute Gasteiger partial charge is 0.469 e. The van der Waals surface area contributed by atoms with Crippen molar-refractivity contribution in [3.63, 3.8) is 0 Å². The number of pyridine rings is 1. The topological polar surface area (TPSA) is 66.9 Å². The SMILES string of the molecule is CCOc1nnc(CN2CC=C(c3c[nH]c4ncccc34)CC2)s1. The molecule has 0 saturated carbocycles. The highest BCUT2D eigenvalue weighted by Gasteiger charge is 2.17. The van der Waals surface area contributed by atoms with E-state index < -0.39 is 0 Å². The van der Waals surface area contributed by atoms with Gasteiger partial charge in [0.2, 0.25) is 0 Å². The zero-order chi connectivity index (χ0) is 16.4. The van der Waals surface area contributed by atoms with Crippen molar-refractivity contribution in [1.82, 2.24) is 25.1 Å². The lowest BCUT2D eigenvalue weighted by atomic mass is 10.00. The molecule has 4 heterocycles. The Bertz CT molecular complexity index is 869. The third kappa shape index (κ3) is 3.05. The number of rotatable bonds is 5. The second-order valence-electron chi connectivity index (χ2n) is 5.71. The molecule has 4 rings (SSSR count). The Morgan fingerprint density at radius 3 is 3.17 bits per heavy atom. The Labute approximate surface area is 144 Å². The number of aromatic amines is 1. The Morgan fingerprint density at radius 2 is 2.33 bits per heavy atom. The highest BCUT2D eigenvalue weighted by atomic mass is 32.1. The first kappa shape index (κ1) is 15.3. The number of nitrogens with one attached hydrogen (secondary N) is 1. The first-order chi connectivity index (χ1) is 11.8. The molecule has 0 atom stereocenters. The van der Waals surface area contributed by atoms with E-state index in [4.69, 9.17) is 4.74 Å². The van der Waals surface area contributed by atoms with Crippen LogP contribution >= 0.6 is 11.3 Å². The fourth-order valence-corrected chi connectivity index (χ4v) is 3.79. The Kier molecular flexibility index (Phi) is 4.27. The Balaban J connectivity index is 1.45. The predicted octanol–water partition coefficient (Wildman–Crippen LogP) is 3.10. The van der Waals surface area contributed by atoms with Crippen molar-refractivity contribution < 1.29 is 4.74 Å². The van der Waals surface area contributed by atoms with E-state index in [1.54, 1.807) is 0 Å². The second kappa shape index (κ2) is 6.70. The molecule has 1 aliphatic rings. The summed E-state index contributed by atoms with van der Waals surface area (Å²) < 4.78 is 5.39. The third-order valence-corrected chi connectivity index (χ3v) is 4.99. The predicted molar refractivity (Wildman–Crippen MR) is 95.0 cm³/mol. The number of hydrogen-bond donors (Lipinski definition) is 1. The molecule has 1 aliphatic heterocycles. The molecule has 0 saturated heterocycles. The van der Waals surface area contributed by atoms with Gasteiger partial charge in [-0.05, 0) is 31.1 Å². The minimum absolute atomic E-state index is 0.629. The number of H-pyrrole nitrogens is 1. The number of hydrogen-bond acceptors (Lipinski definition) is 6. The monoisotopic (exact) mass is 341 g/mol. The highest BCUT2D eigenvalue weighted by molar-refractivity contribution is 7.13. The van der Waals surface area contributed by atoms with Gasteiger partial charge >= 0.3 is 0 Å². The maximum Gasteiger partial charge on any atom is 0.294 e. The summed E-state index contributed by atoms with van der Waals surface area (Å²) in [5.74, 6) is 0. The quantitative estimate of drug-likeness (QED) is 0.772. The van der Waals surface area contributed by atoms with Crippen LogP contribution in [0.3, 0.4) is 0 Å². The molecule has 0 aliphatic carbocycles. The van der Waals surface area contributed by atoms with Gasteiger partial charge in [0, 0.05) is 36.4 Å². The molecule has 7 heteroatoms. The second-order valence-corrected chi connectivity index (χ2v) is 6.74. The Hall–Kier alpha value is -2.25. The van der Waals surface area contributed by atoms with Gasteiger partial charge in [-0.15, -0.1) is 10.2 Å². The molecule has 0 fully saturated rings. The van der Waals surface area contributed by atoms with Gasteiger partial charge in [-0.1, -0.05) is 17.4 Å². The van der Waals surface area contributed by atoms with Crippen LogP contribution in [0.5, 0.6) is 5.19 Å². The van der Waals surface area contributed by atoms with Gasteiger partial charge in [0.15, 0.2) is 0 Å². The molecule has 0 bridgehead atoms. The molecule has 24 heavy (non-hydrogen) atoms. The zero-order valence-electron chi connectivity index (χ0n) is 13.5. The van der Waals surface area contributed by atoms with Crippen LogP contribution in [0, 0.1) is 0 Å². The van der Waals surface area contributed by atoms with Crippen molar-refractivity contribution in [2.45, 2.75) is 19.9 Å². The Morgan fingerprint density at radius 1 is 1.38 bits per heavy atom. The van der Waals surface area contributed by atoms with Crippen LogP contribution < -0.4 is 4.74 Å². The van der Waals surface area contributed by atoms with Crippen molar-refractivity contribution >= 4 is 27.9 Å². The normalized spacial score (nSPS) is 15.6. The van der Waals surface area contributed by atoms with Crippen molar-refractivity contribution in [1.29, 1.82) is 0 Å². The molecule has 0 unspecified atom stereocenters. The van der Waals surface area contributed by atoms with Crippen LogP contribution in [0.4, 0.5) is 0 Å². The van der Waals surface area contributed by atoms with Crippen molar-refractivity contribution in [3.8, 4) is 5.19 Å². The molecule has 3 aromatic rings. The summed E-state index contributed by atoms with van der Waals surface area (Å²) in [5.41, 5.74) is 3.61. The first-order valence-corrected chi connectivity index (χ1v) is 8.94. The maximum atomic E-state index is 5.39. The number of fused-ring (bicyclic) bond motifs is 1. The summed E-state index contributed by atoms with van der Waals surface area (Å²) in [5, 5.41) is 11.1. The zero-order valence-corrected chi connectivity index (χ0v) is 14.3. The molecule has 124 valence electrons. The van der Waals surface area contributed by atoms with Gasteiger partial charge in [-0.3, -0.25) is 4.90 Å². The highest BCUT2D eigenvalue weighted by Crippen LogP contribution is 2.29. The van der Waals surface area contributed by atoms with Crippen molar-refractivity contribution in [2.75, 3.05) is 19.7 Å². The van der Waals surface area contributed by atoms with Crippen molar-refractivity contribution in [3.05, 3.63) is 41.2 Å². The average molecular weight is 341 g/mol. The molecular formula is C17H19N5OS. The lowest BCUT2D eigenvalue weighted by molar-refractivity contribution is 0.292. The van der Waals surface area contributed by atoms with Crippen LogP contribution in [0.1, 0.15) is 23.9 Å².